The molecule has 0 aliphatic heterocycles. The minimum atomic E-state index is -4.10. The van der Waals surface area contributed by atoms with E-state index in [1.165, 1.54) is 17.8 Å². The van der Waals surface area contributed by atoms with Gasteiger partial charge in [0.25, 0.3) is 15.9 Å². The van der Waals surface area contributed by atoms with Gasteiger partial charge in [0.2, 0.25) is 0 Å². The number of sulfonamides is 1. The number of carbonyl (C=O) groups excluding carboxylic acids is 1. The lowest BCUT2D eigenvalue weighted by atomic mass is 10.2. The van der Waals surface area contributed by atoms with E-state index in [9.17, 15) is 13.2 Å². The molecule has 0 radical (unpaired) electrons. The maximum absolute atomic E-state index is 12.4. The molecule has 12 heteroatoms. The first-order valence-corrected chi connectivity index (χ1v) is 13.1. The van der Waals surface area contributed by atoms with Gasteiger partial charge in [0, 0.05) is 21.0 Å². The fourth-order valence-corrected chi connectivity index (χ4v) is 6.72. The molecule has 6 nitrogen and oxygen atoms in total. The molecule has 2 aromatic heterocycles. The molecule has 0 aliphatic carbocycles. The van der Waals surface area contributed by atoms with E-state index in [-0.39, 0.29) is 13.6 Å². The van der Waals surface area contributed by atoms with Crippen molar-refractivity contribution in [3.63, 3.8) is 0 Å². The van der Waals surface area contributed by atoms with Gasteiger partial charge in [0.05, 0.1) is 15.9 Å². The van der Waals surface area contributed by atoms with Crippen molar-refractivity contribution in [3.05, 3.63) is 69.1 Å². The molecule has 2 aromatic carbocycles. The predicted octanol–water partition coefficient (Wildman–Crippen LogP) is 6.22. The first-order chi connectivity index (χ1) is 15.2. The number of hydrogen-bond acceptors (Lipinski definition) is 6. The summed E-state index contributed by atoms with van der Waals surface area (Å²) in [5.74, 6) is -0.389. The van der Waals surface area contributed by atoms with Crippen LogP contribution in [-0.4, -0.2) is 25.9 Å². The van der Waals surface area contributed by atoms with Crippen LogP contribution in [0.2, 0.25) is 14.4 Å². The third-order valence-corrected chi connectivity index (χ3v) is 9.18. The zero-order chi connectivity index (χ0) is 22.9. The first kappa shape index (κ1) is 23.3. The van der Waals surface area contributed by atoms with Gasteiger partial charge in [-0.05, 0) is 42.5 Å². The Bertz CT molecular complexity index is 1380. The number of benzene rings is 2. The third-order valence-electron chi connectivity index (χ3n) is 4.17. The van der Waals surface area contributed by atoms with Crippen LogP contribution < -0.4 is 9.46 Å². The molecule has 0 saturated carbocycles. The van der Waals surface area contributed by atoms with E-state index < -0.39 is 22.5 Å². The van der Waals surface area contributed by atoms with Crippen LogP contribution in [0.25, 0.3) is 10.9 Å². The molecule has 0 aliphatic rings. The summed E-state index contributed by atoms with van der Waals surface area (Å²) in [6.07, 6.45) is 1.84. The molecule has 0 saturated heterocycles. The van der Waals surface area contributed by atoms with Crippen LogP contribution in [0.15, 0.2) is 68.7 Å². The SMILES string of the molecule is O=C(COc1cccc2[nH]cc(Sc3ccc(Cl)cc3)c12)NS(=O)(=O)c1cc(Cl)c(Cl)s1. The zero-order valence-electron chi connectivity index (χ0n) is 15.9. The Morgan fingerprint density at radius 3 is 2.56 bits per heavy atom. The van der Waals surface area contributed by atoms with E-state index in [4.69, 9.17) is 39.5 Å². The molecule has 0 atom stereocenters. The van der Waals surface area contributed by atoms with Gasteiger partial charge in [-0.25, -0.2) is 13.1 Å². The van der Waals surface area contributed by atoms with Gasteiger partial charge in [-0.2, -0.15) is 0 Å². The second kappa shape index (κ2) is 9.54. The number of fused-ring (bicyclic) bond motifs is 1. The highest BCUT2D eigenvalue weighted by molar-refractivity contribution is 7.99. The van der Waals surface area contributed by atoms with Crippen molar-refractivity contribution in [3.8, 4) is 5.75 Å². The van der Waals surface area contributed by atoms with E-state index in [0.717, 1.165) is 32.0 Å². The second-order valence-electron chi connectivity index (χ2n) is 6.39. The number of halogens is 3. The summed E-state index contributed by atoms with van der Waals surface area (Å²) in [6.45, 7) is -0.499. The molecule has 4 aromatic rings. The Balaban J connectivity index is 1.50. The van der Waals surface area contributed by atoms with Crippen LogP contribution in [-0.2, 0) is 14.8 Å². The van der Waals surface area contributed by atoms with E-state index in [2.05, 4.69) is 4.98 Å². The molecule has 4 rings (SSSR count). The Morgan fingerprint density at radius 2 is 1.88 bits per heavy atom. The molecule has 0 bridgehead atoms. The normalized spacial score (nSPS) is 11.6. The summed E-state index contributed by atoms with van der Waals surface area (Å²) in [5.41, 5.74) is 0.815. The Hall–Kier alpha value is -1.88. The molecule has 0 unspecified atom stereocenters. The van der Waals surface area contributed by atoms with Crippen molar-refractivity contribution in [1.29, 1.82) is 0 Å². The van der Waals surface area contributed by atoms with Crippen molar-refractivity contribution in [2.75, 3.05) is 6.61 Å². The summed E-state index contributed by atoms with van der Waals surface area (Å²) in [6, 6.07) is 13.9. The maximum Gasteiger partial charge on any atom is 0.273 e. The monoisotopic (exact) mass is 546 g/mol. The smallest absolute Gasteiger partial charge is 0.273 e. The van der Waals surface area contributed by atoms with Crippen LogP contribution in [0, 0.1) is 0 Å². The fraction of sp³-hybridized carbons (Fsp3) is 0.0500. The highest BCUT2D eigenvalue weighted by Gasteiger charge is 2.22. The van der Waals surface area contributed by atoms with Crippen molar-refractivity contribution < 1.29 is 17.9 Å². The van der Waals surface area contributed by atoms with Gasteiger partial charge >= 0.3 is 0 Å². The van der Waals surface area contributed by atoms with Gasteiger partial charge < -0.3 is 9.72 Å². The van der Waals surface area contributed by atoms with Crippen LogP contribution >= 0.6 is 57.9 Å². The average molecular weight is 548 g/mol. The minimum absolute atomic E-state index is 0.102. The van der Waals surface area contributed by atoms with Crippen LogP contribution in [0.1, 0.15) is 0 Å². The standard InChI is InChI=1S/C20H13Cl3N2O4S3/c21-11-4-6-12(7-5-11)30-16-9-24-14-2-1-3-15(19(14)16)29-10-17(26)25-32(27,28)18-8-13(22)20(23)31-18/h1-9,24H,10H2,(H,25,26). The number of thiophene rings is 1. The number of aromatic amines is 1. The number of hydrogen-bond donors (Lipinski definition) is 2. The van der Waals surface area contributed by atoms with Crippen LogP contribution in [0.5, 0.6) is 5.75 Å². The third kappa shape index (κ3) is 5.19. The summed E-state index contributed by atoms with van der Waals surface area (Å²) in [7, 11) is -4.10. The highest BCUT2D eigenvalue weighted by Crippen LogP contribution is 2.39. The summed E-state index contributed by atoms with van der Waals surface area (Å²) >= 11 is 19.8. The largest absolute Gasteiger partial charge is 0.483 e. The van der Waals surface area contributed by atoms with Gasteiger partial charge in [0.1, 0.15) is 14.3 Å². The Labute approximate surface area is 206 Å². The van der Waals surface area contributed by atoms with Gasteiger partial charge in [-0.15, -0.1) is 11.3 Å². The lowest BCUT2D eigenvalue weighted by Crippen LogP contribution is -2.34. The first-order valence-electron chi connectivity index (χ1n) is 8.90. The Kier molecular flexibility index (Phi) is 6.94. The van der Waals surface area contributed by atoms with Crippen molar-refractivity contribution in [1.82, 2.24) is 9.71 Å². The summed E-state index contributed by atoms with van der Waals surface area (Å²) in [4.78, 5) is 17.3. The molecule has 1 amide bonds. The molecule has 2 heterocycles. The topological polar surface area (TPSA) is 88.3 Å². The van der Waals surface area contributed by atoms with Crippen molar-refractivity contribution >= 4 is 84.7 Å². The number of H-pyrrole nitrogens is 1. The molecular formula is C20H13Cl3N2O4S3. The average Bonchev–Trinajstić information content (AvgIpc) is 3.32. The zero-order valence-corrected chi connectivity index (χ0v) is 20.6. The summed E-state index contributed by atoms with van der Waals surface area (Å²) < 4.78 is 32.3. The number of nitrogens with one attached hydrogen (secondary N) is 2. The number of rotatable bonds is 7. The number of ether oxygens (including phenoxy) is 1. The van der Waals surface area contributed by atoms with E-state index in [1.54, 1.807) is 24.3 Å². The predicted molar refractivity (Wildman–Crippen MR) is 129 cm³/mol. The molecule has 0 fully saturated rings. The lowest BCUT2D eigenvalue weighted by Gasteiger charge is -2.10. The Morgan fingerprint density at radius 1 is 1.12 bits per heavy atom. The van der Waals surface area contributed by atoms with E-state index >= 15 is 0 Å². The number of amides is 1. The fourth-order valence-electron chi connectivity index (χ4n) is 2.78. The quantitative estimate of drug-likeness (QED) is 0.287. The van der Waals surface area contributed by atoms with E-state index in [0.29, 0.717) is 10.8 Å². The second-order valence-corrected chi connectivity index (χ2v) is 11.9. The van der Waals surface area contributed by atoms with Gasteiger partial charge in [0.15, 0.2) is 6.61 Å². The number of carbonyl (C=O) groups is 1. The molecule has 32 heavy (non-hydrogen) atoms. The van der Waals surface area contributed by atoms with Crippen LogP contribution in [0.4, 0.5) is 0 Å². The lowest BCUT2D eigenvalue weighted by molar-refractivity contribution is -0.121. The summed E-state index contributed by atoms with van der Waals surface area (Å²) in [5, 5.41) is 1.52. The van der Waals surface area contributed by atoms with Gasteiger partial charge in [-0.3, -0.25) is 4.79 Å². The molecule has 2 N–H and O–H groups in total. The van der Waals surface area contributed by atoms with Crippen molar-refractivity contribution in [2.45, 2.75) is 14.0 Å². The maximum atomic E-state index is 12.4. The van der Waals surface area contributed by atoms with Crippen LogP contribution in [0.3, 0.4) is 0 Å². The minimum Gasteiger partial charge on any atom is -0.483 e. The van der Waals surface area contributed by atoms with E-state index in [1.807, 2.05) is 29.1 Å². The van der Waals surface area contributed by atoms with Crippen molar-refractivity contribution in [2.24, 2.45) is 0 Å². The molecule has 0 spiro atoms. The molecular weight excluding hydrogens is 535 g/mol. The molecule has 166 valence electrons. The highest BCUT2D eigenvalue weighted by atomic mass is 35.5. The van der Waals surface area contributed by atoms with Gasteiger partial charge in [-0.1, -0.05) is 52.6 Å². The number of aromatic nitrogens is 1.